The lowest BCUT2D eigenvalue weighted by Crippen LogP contribution is -1.93. The lowest BCUT2D eigenvalue weighted by atomic mass is 10.0. The van der Waals surface area contributed by atoms with Crippen molar-refractivity contribution >= 4 is 16.6 Å². The first kappa shape index (κ1) is 9.78. The number of fused-ring (bicyclic) bond motifs is 1. The molecular formula is C14H11N3. The van der Waals surface area contributed by atoms with Gasteiger partial charge in [0.05, 0.1) is 0 Å². The molecule has 3 rings (SSSR count). The minimum absolute atomic E-state index is 0.553. The Kier molecular flexibility index (Phi) is 2.22. The Hall–Kier alpha value is -2.42. The van der Waals surface area contributed by atoms with Gasteiger partial charge in [0.1, 0.15) is 5.82 Å². The Morgan fingerprint density at radius 1 is 0.882 bits per heavy atom. The fourth-order valence-electron chi connectivity index (χ4n) is 2.00. The average molecular weight is 221 g/mol. The molecule has 17 heavy (non-hydrogen) atoms. The molecule has 3 aromatic rings. The van der Waals surface area contributed by atoms with Crippen molar-refractivity contribution in [3.8, 4) is 11.1 Å². The molecule has 2 heterocycles. The number of aromatic nitrogens is 2. The summed E-state index contributed by atoms with van der Waals surface area (Å²) >= 11 is 0. The molecule has 3 heteroatoms. The van der Waals surface area contributed by atoms with Gasteiger partial charge >= 0.3 is 0 Å². The summed E-state index contributed by atoms with van der Waals surface area (Å²) in [6.07, 6.45) is 5.34. The normalized spacial score (nSPS) is 10.6. The van der Waals surface area contributed by atoms with Gasteiger partial charge in [-0.15, -0.1) is 0 Å². The molecule has 0 aliphatic carbocycles. The van der Waals surface area contributed by atoms with Crippen LogP contribution in [0.4, 0.5) is 5.82 Å². The monoisotopic (exact) mass is 221 g/mol. The highest BCUT2D eigenvalue weighted by Crippen LogP contribution is 2.30. The zero-order chi connectivity index (χ0) is 11.7. The SMILES string of the molecule is Nc1ncccc1-c1cccc2cnccc12. The van der Waals surface area contributed by atoms with Crippen LogP contribution in [0.5, 0.6) is 0 Å². The predicted molar refractivity (Wildman–Crippen MR) is 69.4 cm³/mol. The van der Waals surface area contributed by atoms with E-state index in [1.54, 1.807) is 12.4 Å². The van der Waals surface area contributed by atoms with Crippen LogP contribution in [0.15, 0.2) is 55.0 Å². The fraction of sp³-hybridized carbons (Fsp3) is 0. The summed E-state index contributed by atoms with van der Waals surface area (Å²) in [7, 11) is 0. The van der Waals surface area contributed by atoms with Crippen molar-refractivity contribution in [2.24, 2.45) is 0 Å². The Balaban J connectivity index is 2.35. The molecule has 3 nitrogen and oxygen atoms in total. The first-order chi connectivity index (χ1) is 8.36. The van der Waals surface area contributed by atoms with Gasteiger partial charge in [-0.05, 0) is 29.1 Å². The van der Waals surface area contributed by atoms with Crippen molar-refractivity contribution in [2.45, 2.75) is 0 Å². The van der Waals surface area contributed by atoms with Gasteiger partial charge in [-0.25, -0.2) is 4.98 Å². The van der Waals surface area contributed by atoms with Gasteiger partial charge in [-0.2, -0.15) is 0 Å². The molecule has 0 bridgehead atoms. The Morgan fingerprint density at radius 2 is 1.76 bits per heavy atom. The van der Waals surface area contributed by atoms with Crippen molar-refractivity contribution in [3.05, 3.63) is 55.0 Å². The maximum atomic E-state index is 5.92. The number of hydrogen-bond acceptors (Lipinski definition) is 3. The standard InChI is InChI=1S/C14H11N3/c15-14-13(5-2-7-17-14)12-4-1-3-10-9-16-8-6-11(10)12/h1-9H,(H2,15,17). The van der Waals surface area contributed by atoms with Crippen molar-refractivity contribution in [1.82, 2.24) is 9.97 Å². The largest absolute Gasteiger partial charge is 0.383 e. The van der Waals surface area contributed by atoms with E-state index < -0.39 is 0 Å². The number of hydrogen-bond donors (Lipinski definition) is 1. The molecule has 0 atom stereocenters. The van der Waals surface area contributed by atoms with Gasteiger partial charge in [-0.3, -0.25) is 4.98 Å². The Morgan fingerprint density at radius 3 is 2.65 bits per heavy atom. The average Bonchev–Trinajstić information content (AvgIpc) is 2.39. The highest BCUT2D eigenvalue weighted by atomic mass is 14.8. The molecule has 0 fully saturated rings. The number of rotatable bonds is 1. The van der Waals surface area contributed by atoms with Crippen molar-refractivity contribution in [3.63, 3.8) is 0 Å². The summed E-state index contributed by atoms with van der Waals surface area (Å²) in [4.78, 5) is 8.25. The summed E-state index contributed by atoms with van der Waals surface area (Å²) in [5.74, 6) is 0.553. The van der Waals surface area contributed by atoms with E-state index in [2.05, 4.69) is 16.0 Å². The van der Waals surface area contributed by atoms with Crippen LogP contribution in [0.2, 0.25) is 0 Å². The lowest BCUT2D eigenvalue weighted by molar-refractivity contribution is 1.34. The molecule has 0 saturated heterocycles. The third-order valence-corrected chi connectivity index (χ3v) is 2.81. The number of anilines is 1. The van der Waals surface area contributed by atoms with E-state index in [4.69, 9.17) is 5.73 Å². The Bertz CT molecular complexity index is 672. The van der Waals surface area contributed by atoms with Gasteiger partial charge in [0.25, 0.3) is 0 Å². The van der Waals surface area contributed by atoms with E-state index in [9.17, 15) is 0 Å². The zero-order valence-corrected chi connectivity index (χ0v) is 9.17. The van der Waals surface area contributed by atoms with E-state index in [1.807, 2.05) is 36.5 Å². The molecule has 0 unspecified atom stereocenters. The van der Waals surface area contributed by atoms with Gasteiger partial charge in [0, 0.05) is 29.5 Å². The molecule has 2 aromatic heterocycles. The van der Waals surface area contributed by atoms with E-state index in [0.29, 0.717) is 5.82 Å². The first-order valence-corrected chi connectivity index (χ1v) is 5.40. The van der Waals surface area contributed by atoms with Gasteiger partial charge < -0.3 is 5.73 Å². The summed E-state index contributed by atoms with van der Waals surface area (Å²) in [5.41, 5.74) is 7.97. The second-order valence-corrected chi connectivity index (χ2v) is 3.84. The van der Waals surface area contributed by atoms with E-state index >= 15 is 0 Å². The Labute approximate surface area is 98.9 Å². The van der Waals surface area contributed by atoms with Crippen LogP contribution in [0.1, 0.15) is 0 Å². The predicted octanol–water partition coefficient (Wildman–Crippen LogP) is 2.88. The third kappa shape index (κ3) is 1.61. The molecule has 0 aliphatic rings. The van der Waals surface area contributed by atoms with Crippen LogP contribution >= 0.6 is 0 Å². The summed E-state index contributed by atoms with van der Waals surface area (Å²) in [5, 5.41) is 2.25. The van der Waals surface area contributed by atoms with Crippen LogP contribution in [-0.4, -0.2) is 9.97 Å². The summed E-state index contributed by atoms with van der Waals surface area (Å²) in [6.45, 7) is 0. The van der Waals surface area contributed by atoms with Gasteiger partial charge in [0.2, 0.25) is 0 Å². The third-order valence-electron chi connectivity index (χ3n) is 2.81. The lowest BCUT2D eigenvalue weighted by Gasteiger charge is -2.07. The smallest absolute Gasteiger partial charge is 0.131 e. The van der Waals surface area contributed by atoms with Crippen molar-refractivity contribution in [1.29, 1.82) is 0 Å². The van der Waals surface area contributed by atoms with Crippen LogP contribution in [0.25, 0.3) is 21.9 Å². The number of nitrogen functional groups attached to an aromatic ring is 1. The molecular weight excluding hydrogens is 210 g/mol. The fourth-order valence-corrected chi connectivity index (χ4v) is 2.00. The van der Waals surface area contributed by atoms with E-state index in [0.717, 1.165) is 21.9 Å². The van der Waals surface area contributed by atoms with Crippen molar-refractivity contribution in [2.75, 3.05) is 5.73 Å². The van der Waals surface area contributed by atoms with E-state index in [1.165, 1.54) is 0 Å². The first-order valence-electron chi connectivity index (χ1n) is 5.40. The number of nitrogens with zero attached hydrogens (tertiary/aromatic N) is 2. The van der Waals surface area contributed by atoms with Crippen LogP contribution in [0.3, 0.4) is 0 Å². The molecule has 0 amide bonds. The maximum Gasteiger partial charge on any atom is 0.131 e. The number of benzene rings is 1. The maximum absolute atomic E-state index is 5.92. The second kappa shape index (κ2) is 3.87. The summed E-state index contributed by atoms with van der Waals surface area (Å²) < 4.78 is 0. The molecule has 2 N–H and O–H groups in total. The number of nitrogens with two attached hydrogens (primary N) is 1. The van der Waals surface area contributed by atoms with Gasteiger partial charge in [-0.1, -0.05) is 18.2 Å². The molecule has 1 aromatic carbocycles. The molecule has 0 saturated carbocycles. The van der Waals surface area contributed by atoms with Crippen LogP contribution in [0, 0.1) is 0 Å². The molecule has 0 spiro atoms. The quantitative estimate of drug-likeness (QED) is 0.687. The van der Waals surface area contributed by atoms with Crippen LogP contribution in [-0.2, 0) is 0 Å². The topological polar surface area (TPSA) is 51.8 Å². The zero-order valence-electron chi connectivity index (χ0n) is 9.17. The molecule has 82 valence electrons. The van der Waals surface area contributed by atoms with Gasteiger partial charge in [0.15, 0.2) is 0 Å². The van der Waals surface area contributed by atoms with Crippen LogP contribution < -0.4 is 5.73 Å². The minimum Gasteiger partial charge on any atom is -0.383 e. The van der Waals surface area contributed by atoms with Crippen molar-refractivity contribution < 1.29 is 0 Å². The highest BCUT2D eigenvalue weighted by molar-refractivity contribution is 5.98. The molecule has 0 aliphatic heterocycles. The number of pyridine rings is 2. The van der Waals surface area contributed by atoms with E-state index in [-0.39, 0.29) is 0 Å². The molecule has 0 radical (unpaired) electrons. The minimum atomic E-state index is 0.553. The highest BCUT2D eigenvalue weighted by Gasteiger charge is 2.06. The summed E-state index contributed by atoms with van der Waals surface area (Å²) in [6, 6.07) is 12.0. The second-order valence-electron chi connectivity index (χ2n) is 3.84.